The van der Waals surface area contributed by atoms with Gasteiger partial charge in [0.25, 0.3) is 0 Å². The first kappa shape index (κ1) is 16.3. The van der Waals surface area contributed by atoms with E-state index < -0.39 is 0 Å². The Labute approximate surface area is 120 Å². The predicted octanol–water partition coefficient (Wildman–Crippen LogP) is 2.33. The van der Waals surface area contributed by atoms with Crippen molar-refractivity contribution in [2.45, 2.75) is 39.2 Å². The van der Waals surface area contributed by atoms with Crippen molar-refractivity contribution in [2.75, 3.05) is 13.2 Å². The Morgan fingerprint density at radius 1 is 1.40 bits per heavy atom. The van der Waals surface area contributed by atoms with Crippen LogP contribution >= 0.6 is 0 Å². The van der Waals surface area contributed by atoms with Crippen LogP contribution in [0.3, 0.4) is 0 Å². The van der Waals surface area contributed by atoms with Crippen LogP contribution in [0.5, 0.6) is 5.75 Å². The standard InChI is InChI=1S/C15H25N3O2/c1-3-4-5-12(2)17-10-11-20-14-8-6-13(7-9-14)15(16)18-19/h6-9,12,17,19H,3-5,10-11H2,1-2H3,(H2,16,18). The van der Waals surface area contributed by atoms with E-state index in [0.29, 0.717) is 18.2 Å². The lowest BCUT2D eigenvalue weighted by molar-refractivity contribution is 0.304. The van der Waals surface area contributed by atoms with E-state index >= 15 is 0 Å². The van der Waals surface area contributed by atoms with E-state index in [2.05, 4.69) is 24.3 Å². The summed E-state index contributed by atoms with van der Waals surface area (Å²) in [5.74, 6) is 0.880. The molecule has 0 aliphatic heterocycles. The van der Waals surface area contributed by atoms with Crippen molar-refractivity contribution in [3.63, 3.8) is 0 Å². The van der Waals surface area contributed by atoms with Crippen molar-refractivity contribution in [3.05, 3.63) is 29.8 Å². The minimum Gasteiger partial charge on any atom is -0.492 e. The van der Waals surface area contributed by atoms with E-state index in [9.17, 15) is 0 Å². The normalized spacial score (nSPS) is 13.2. The SMILES string of the molecule is CCCCC(C)NCCOc1ccc(C(N)=NO)cc1. The molecule has 0 aliphatic rings. The van der Waals surface area contributed by atoms with Crippen molar-refractivity contribution in [1.82, 2.24) is 5.32 Å². The summed E-state index contributed by atoms with van der Waals surface area (Å²) in [7, 11) is 0. The van der Waals surface area contributed by atoms with Gasteiger partial charge in [0.2, 0.25) is 0 Å². The number of benzene rings is 1. The van der Waals surface area contributed by atoms with Crippen LogP contribution in [0.25, 0.3) is 0 Å². The Hall–Kier alpha value is -1.75. The molecule has 0 radical (unpaired) electrons. The Morgan fingerprint density at radius 2 is 2.10 bits per heavy atom. The fourth-order valence-corrected chi connectivity index (χ4v) is 1.87. The summed E-state index contributed by atoms with van der Waals surface area (Å²) in [6.07, 6.45) is 3.68. The molecule has 4 N–H and O–H groups in total. The molecule has 1 rings (SSSR count). The number of nitrogens with zero attached hydrogens (tertiary/aromatic N) is 1. The lowest BCUT2D eigenvalue weighted by atomic mass is 10.1. The predicted molar refractivity (Wildman–Crippen MR) is 81.4 cm³/mol. The van der Waals surface area contributed by atoms with Crippen molar-refractivity contribution < 1.29 is 9.94 Å². The highest BCUT2D eigenvalue weighted by Gasteiger charge is 2.01. The van der Waals surface area contributed by atoms with Gasteiger partial charge < -0.3 is 21.0 Å². The van der Waals surface area contributed by atoms with Crippen LogP contribution in [0.1, 0.15) is 38.7 Å². The Morgan fingerprint density at radius 3 is 2.70 bits per heavy atom. The van der Waals surface area contributed by atoms with E-state index in [-0.39, 0.29) is 5.84 Å². The van der Waals surface area contributed by atoms with Crippen LogP contribution in [-0.4, -0.2) is 30.2 Å². The molecule has 5 nitrogen and oxygen atoms in total. The zero-order valence-corrected chi connectivity index (χ0v) is 12.3. The number of unbranched alkanes of at least 4 members (excludes halogenated alkanes) is 1. The molecule has 0 amide bonds. The monoisotopic (exact) mass is 279 g/mol. The van der Waals surface area contributed by atoms with Gasteiger partial charge in [0.05, 0.1) is 0 Å². The average Bonchev–Trinajstić information content (AvgIpc) is 2.49. The number of hydrogen-bond donors (Lipinski definition) is 3. The highest BCUT2D eigenvalue weighted by Crippen LogP contribution is 2.11. The number of nitrogens with one attached hydrogen (secondary N) is 1. The highest BCUT2D eigenvalue weighted by molar-refractivity contribution is 5.97. The molecule has 0 fully saturated rings. The number of amidine groups is 1. The maximum atomic E-state index is 8.57. The summed E-state index contributed by atoms with van der Waals surface area (Å²) < 4.78 is 5.62. The minimum absolute atomic E-state index is 0.1000. The first-order valence-electron chi connectivity index (χ1n) is 7.11. The number of hydrogen-bond acceptors (Lipinski definition) is 4. The fourth-order valence-electron chi connectivity index (χ4n) is 1.87. The molecule has 0 saturated carbocycles. The third-order valence-corrected chi connectivity index (χ3v) is 3.11. The largest absolute Gasteiger partial charge is 0.492 e. The van der Waals surface area contributed by atoms with E-state index in [1.165, 1.54) is 19.3 Å². The second-order valence-corrected chi connectivity index (χ2v) is 4.86. The second-order valence-electron chi connectivity index (χ2n) is 4.86. The van der Waals surface area contributed by atoms with Gasteiger partial charge in [-0.05, 0) is 37.6 Å². The molecular weight excluding hydrogens is 254 g/mol. The van der Waals surface area contributed by atoms with Crippen LogP contribution in [-0.2, 0) is 0 Å². The van der Waals surface area contributed by atoms with Crippen molar-refractivity contribution >= 4 is 5.84 Å². The molecular formula is C15H25N3O2. The quantitative estimate of drug-likeness (QED) is 0.213. The van der Waals surface area contributed by atoms with Crippen LogP contribution < -0.4 is 15.8 Å². The summed E-state index contributed by atoms with van der Waals surface area (Å²) in [4.78, 5) is 0. The van der Waals surface area contributed by atoms with Gasteiger partial charge in [0.15, 0.2) is 5.84 Å². The summed E-state index contributed by atoms with van der Waals surface area (Å²) in [6, 6.07) is 7.69. The molecule has 1 atom stereocenters. The molecule has 0 heterocycles. The first-order chi connectivity index (χ1) is 9.67. The Balaban J connectivity index is 2.25. The molecule has 0 aliphatic carbocycles. The number of ether oxygens (including phenoxy) is 1. The smallest absolute Gasteiger partial charge is 0.170 e. The Kier molecular flexibility index (Phi) is 7.50. The molecule has 0 saturated heterocycles. The van der Waals surface area contributed by atoms with Gasteiger partial charge >= 0.3 is 0 Å². The molecule has 20 heavy (non-hydrogen) atoms. The van der Waals surface area contributed by atoms with E-state index in [0.717, 1.165) is 12.3 Å². The second kappa shape index (κ2) is 9.20. The van der Waals surface area contributed by atoms with Crippen molar-refractivity contribution in [3.8, 4) is 5.75 Å². The first-order valence-corrected chi connectivity index (χ1v) is 7.11. The molecule has 1 aromatic rings. The fraction of sp³-hybridized carbons (Fsp3) is 0.533. The van der Waals surface area contributed by atoms with E-state index in [1.807, 2.05) is 12.1 Å². The van der Waals surface area contributed by atoms with Crippen LogP contribution in [0, 0.1) is 0 Å². The van der Waals surface area contributed by atoms with E-state index in [4.69, 9.17) is 15.7 Å². The maximum Gasteiger partial charge on any atom is 0.170 e. The van der Waals surface area contributed by atoms with Crippen molar-refractivity contribution in [1.29, 1.82) is 0 Å². The minimum atomic E-state index is 0.1000. The van der Waals surface area contributed by atoms with Crippen LogP contribution in [0.2, 0.25) is 0 Å². The maximum absolute atomic E-state index is 8.57. The summed E-state index contributed by atoms with van der Waals surface area (Å²) in [5, 5.41) is 14.9. The third-order valence-electron chi connectivity index (χ3n) is 3.11. The number of rotatable bonds is 9. The molecule has 1 unspecified atom stereocenters. The van der Waals surface area contributed by atoms with Gasteiger partial charge in [-0.1, -0.05) is 24.9 Å². The summed E-state index contributed by atoms with van der Waals surface area (Å²) >= 11 is 0. The molecule has 0 aromatic heterocycles. The number of nitrogens with two attached hydrogens (primary N) is 1. The average molecular weight is 279 g/mol. The van der Waals surface area contributed by atoms with Gasteiger partial charge in [-0.15, -0.1) is 0 Å². The highest BCUT2D eigenvalue weighted by atomic mass is 16.5. The van der Waals surface area contributed by atoms with Crippen LogP contribution in [0.15, 0.2) is 29.4 Å². The zero-order chi connectivity index (χ0) is 14.8. The molecule has 0 bridgehead atoms. The molecule has 112 valence electrons. The molecule has 0 spiro atoms. The summed E-state index contributed by atoms with van der Waals surface area (Å²) in [5.41, 5.74) is 6.16. The van der Waals surface area contributed by atoms with Gasteiger partial charge in [0, 0.05) is 18.2 Å². The van der Waals surface area contributed by atoms with E-state index in [1.54, 1.807) is 12.1 Å². The van der Waals surface area contributed by atoms with Gasteiger partial charge in [0.1, 0.15) is 12.4 Å². The molecule has 5 heteroatoms. The zero-order valence-electron chi connectivity index (χ0n) is 12.3. The van der Waals surface area contributed by atoms with Crippen molar-refractivity contribution in [2.24, 2.45) is 10.9 Å². The summed E-state index contributed by atoms with van der Waals surface area (Å²) in [6.45, 7) is 5.85. The topological polar surface area (TPSA) is 79.9 Å². The Bertz CT molecular complexity index is 404. The molecule has 1 aromatic carbocycles. The lowest BCUT2D eigenvalue weighted by Gasteiger charge is -2.13. The van der Waals surface area contributed by atoms with Gasteiger partial charge in [-0.2, -0.15) is 0 Å². The van der Waals surface area contributed by atoms with Gasteiger partial charge in [-0.25, -0.2) is 0 Å². The lowest BCUT2D eigenvalue weighted by Crippen LogP contribution is -2.30. The third kappa shape index (κ3) is 5.93. The number of oxime groups is 1. The van der Waals surface area contributed by atoms with Gasteiger partial charge in [-0.3, -0.25) is 0 Å². The van der Waals surface area contributed by atoms with Crippen LogP contribution in [0.4, 0.5) is 0 Å².